The van der Waals surface area contributed by atoms with E-state index in [2.05, 4.69) is 4.98 Å². The number of aliphatic hydroxyl groups excluding tert-OH is 1. The van der Waals surface area contributed by atoms with E-state index >= 15 is 0 Å². The third-order valence-electron chi connectivity index (χ3n) is 4.71. The Bertz CT molecular complexity index is 1230. The van der Waals surface area contributed by atoms with Crippen molar-refractivity contribution in [1.29, 1.82) is 0 Å². The van der Waals surface area contributed by atoms with Gasteiger partial charge in [-0.15, -0.1) is 0 Å². The molecule has 1 unspecified atom stereocenters. The maximum absolute atomic E-state index is 12.5. The number of hydrogen-bond acceptors (Lipinski definition) is 7. The lowest BCUT2D eigenvalue weighted by molar-refractivity contribution is -0.162. The highest BCUT2D eigenvalue weighted by Crippen LogP contribution is 2.22. The first-order valence-corrected chi connectivity index (χ1v) is 9.80. The SMILES string of the molecule is Cn1c(=O)c2c(ncn2CC(O)COC(=O)C(C)(C)Oc2ccc(Cl)cc2)n(C)c1=O. The van der Waals surface area contributed by atoms with Gasteiger partial charge in [-0.25, -0.2) is 14.6 Å². The molecule has 0 fully saturated rings. The fourth-order valence-electron chi connectivity index (χ4n) is 3.00. The van der Waals surface area contributed by atoms with E-state index in [1.54, 1.807) is 38.1 Å². The number of carbonyl (C=O) groups is 1. The summed E-state index contributed by atoms with van der Waals surface area (Å²) in [6.07, 6.45) is 0.235. The van der Waals surface area contributed by atoms with Gasteiger partial charge in [-0.05, 0) is 38.1 Å². The van der Waals surface area contributed by atoms with E-state index in [-0.39, 0.29) is 24.3 Å². The molecule has 3 rings (SSSR count). The van der Waals surface area contributed by atoms with Gasteiger partial charge in [0.1, 0.15) is 18.5 Å². The second-order valence-electron chi connectivity index (χ2n) is 7.59. The molecule has 0 saturated carbocycles. The minimum atomic E-state index is -1.30. The van der Waals surface area contributed by atoms with Crippen molar-refractivity contribution in [2.24, 2.45) is 14.1 Å². The quantitative estimate of drug-likeness (QED) is 0.530. The molecule has 11 heteroatoms. The predicted octanol–water partition coefficient (Wildman–Crippen LogP) is 0.849. The molecule has 2 aromatic heterocycles. The summed E-state index contributed by atoms with van der Waals surface area (Å²) < 4.78 is 14.5. The van der Waals surface area contributed by atoms with Crippen LogP contribution < -0.4 is 16.0 Å². The first-order chi connectivity index (χ1) is 14.5. The number of nitrogens with zero attached hydrogens (tertiary/aromatic N) is 4. The standard InChI is InChI=1S/C20H23ClN4O6/c1-20(2,31-14-7-5-12(21)6-8-14)18(28)30-10-13(26)9-25-11-22-16-15(25)17(27)24(4)19(29)23(16)3/h5-8,11,13,26H,9-10H2,1-4H3. The highest BCUT2D eigenvalue weighted by molar-refractivity contribution is 6.30. The zero-order valence-corrected chi connectivity index (χ0v) is 18.3. The van der Waals surface area contributed by atoms with Crippen molar-refractivity contribution in [1.82, 2.24) is 18.7 Å². The van der Waals surface area contributed by atoms with Crippen LogP contribution in [-0.4, -0.2) is 48.1 Å². The van der Waals surface area contributed by atoms with Gasteiger partial charge in [0.15, 0.2) is 16.8 Å². The molecule has 0 aliphatic rings. The fraction of sp³-hybridized carbons (Fsp3) is 0.400. The molecule has 10 nitrogen and oxygen atoms in total. The van der Waals surface area contributed by atoms with Crippen LogP contribution in [0.1, 0.15) is 13.8 Å². The molecule has 0 aliphatic carbocycles. The Hall–Kier alpha value is -3.11. The number of halogens is 1. The summed E-state index contributed by atoms with van der Waals surface area (Å²) in [5.41, 5.74) is -1.96. The first kappa shape index (κ1) is 22.6. The lowest BCUT2D eigenvalue weighted by Gasteiger charge is -2.25. The Kier molecular flexibility index (Phi) is 6.23. The molecule has 1 N–H and O–H groups in total. The molecule has 0 aliphatic heterocycles. The summed E-state index contributed by atoms with van der Waals surface area (Å²) in [7, 11) is 2.87. The molecular formula is C20H23ClN4O6. The second-order valence-corrected chi connectivity index (χ2v) is 8.03. The molecule has 166 valence electrons. The van der Waals surface area contributed by atoms with Crippen molar-refractivity contribution in [3.05, 3.63) is 56.5 Å². The van der Waals surface area contributed by atoms with Gasteiger partial charge in [-0.3, -0.25) is 13.9 Å². The minimum Gasteiger partial charge on any atom is -0.476 e. The summed E-state index contributed by atoms with van der Waals surface area (Å²) in [4.78, 5) is 41.0. The summed E-state index contributed by atoms with van der Waals surface area (Å²) in [6, 6.07) is 6.53. The zero-order chi connectivity index (χ0) is 22.9. The Labute approximate surface area is 182 Å². The summed E-state index contributed by atoms with van der Waals surface area (Å²) in [5.74, 6) is -0.228. The maximum atomic E-state index is 12.5. The Morgan fingerprint density at radius 1 is 1.19 bits per heavy atom. The van der Waals surface area contributed by atoms with Crippen molar-refractivity contribution >= 4 is 28.7 Å². The van der Waals surface area contributed by atoms with Gasteiger partial charge in [0.2, 0.25) is 0 Å². The normalized spacial score (nSPS) is 12.7. The first-order valence-electron chi connectivity index (χ1n) is 9.42. The van der Waals surface area contributed by atoms with E-state index < -0.39 is 28.9 Å². The Balaban J connectivity index is 1.67. The van der Waals surface area contributed by atoms with E-state index in [0.717, 1.165) is 4.57 Å². The minimum absolute atomic E-state index is 0.0598. The van der Waals surface area contributed by atoms with Crippen molar-refractivity contribution < 1.29 is 19.4 Å². The van der Waals surface area contributed by atoms with Crippen LogP contribution in [0.25, 0.3) is 11.2 Å². The van der Waals surface area contributed by atoms with Crippen molar-refractivity contribution in [3.63, 3.8) is 0 Å². The number of fused-ring (bicyclic) bond motifs is 1. The van der Waals surface area contributed by atoms with Crippen LogP contribution in [0.5, 0.6) is 5.75 Å². The largest absolute Gasteiger partial charge is 0.476 e. The van der Waals surface area contributed by atoms with Crippen molar-refractivity contribution in [2.45, 2.75) is 32.1 Å². The number of carbonyl (C=O) groups excluding carboxylic acids is 1. The average Bonchev–Trinajstić information content (AvgIpc) is 3.14. The van der Waals surface area contributed by atoms with E-state index in [9.17, 15) is 19.5 Å². The van der Waals surface area contributed by atoms with Gasteiger partial charge >= 0.3 is 11.7 Å². The molecule has 31 heavy (non-hydrogen) atoms. The molecule has 0 bridgehead atoms. The molecule has 1 aromatic carbocycles. The van der Waals surface area contributed by atoms with Crippen LogP contribution in [0.3, 0.4) is 0 Å². The maximum Gasteiger partial charge on any atom is 0.349 e. The van der Waals surface area contributed by atoms with E-state index in [0.29, 0.717) is 10.8 Å². The highest BCUT2D eigenvalue weighted by Gasteiger charge is 2.32. The smallest absolute Gasteiger partial charge is 0.349 e. The number of ether oxygens (including phenoxy) is 2. The monoisotopic (exact) mass is 450 g/mol. The van der Waals surface area contributed by atoms with Crippen molar-refractivity contribution in [3.8, 4) is 5.75 Å². The number of aryl methyl sites for hydroxylation is 1. The van der Waals surface area contributed by atoms with Gasteiger partial charge in [0.05, 0.1) is 12.9 Å². The number of rotatable bonds is 7. The molecule has 2 heterocycles. The molecule has 0 amide bonds. The van der Waals surface area contributed by atoms with Crippen LogP contribution >= 0.6 is 11.6 Å². The summed E-state index contributed by atoms with van der Waals surface area (Å²) >= 11 is 5.84. The topological polar surface area (TPSA) is 118 Å². The van der Waals surface area contributed by atoms with Gasteiger partial charge in [-0.2, -0.15) is 0 Å². The van der Waals surface area contributed by atoms with Crippen LogP contribution in [0.4, 0.5) is 0 Å². The summed E-state index contributed by atoms with van der Waals surface area (Å²) in [6.45, 7) is 2.71. The third kappa shape index (κ3) is 4.64. The fourth-order valence-corrected chi connectivity index (χ4v) is 3.13. The lowest BCUT2D eigenvalue weighted by Crippen LogP contribution is -2.41. The van der Waals surface area contributed by atoms with Crippen LogP contribution in [0.15, 0.2) is 40.2 Å². The zero-order valence-electron chi connectivity index (χ0n) is 17.5. The molecule has 0 saturated heterocycles. The van der Waals surface area contributed by atoms with Gasteiger partial charge in [-0.1, -0.05) is 11.6 Å². The second kappa shape index (κ2) is 8.56. The van der Waals surface area contributed by atoms with E-state index in [4.69, 9.17) is 21.1 Å². The average molecular weight is 451 g/mol. The molecule has 0 spiro atoms. The Morgan fingerprint density at radius 2 is 1.84 bits per heavy atom. The van der Waals surface area contributed by atoms with Crippen molar-refractivity contribution in [2.75, 3.05) is 6.61 Å². The summed E-state index contributed by atoms with van der Waals surface area (Å²) in [5, 5.41) is 10.9. The van der Waals surface area contributed by atoms with E-state index in [1.165, 1.54) is 29.6 Å². The molecule has 0 radical (unpaired) electrons. The molecular weight excluding hydrogens is 428 g/mol. The lowest BCUT2D eigenvalue weighted by atomic mass is 10.1. The number of hydrogen-bond donors (Lipinski definition) is 1. The third-order valence-corrected chi connectivity index (χ3v) is 4.96. The number of benzene rings is 1. The van der Waals surface area contributed by atoms with Gasteiger partial charge < -0.3 is 19.1 Å². The van der Waals surface area contributed by atoms with Crippen LogP contribution in [-0.2, 0) is 30.2 Å². The highest BCUT2D eigenvalue weighted by atomic mass is 35.5. The molecule has 1 atom stereocenters. The number of esters is 1. The number of aromatic nitrogens is 4. The van der Waals surface area contributed by atoms with Crippen LogP contribution in [0, 0.1) is 0 Å². The van der Waals surface area contributed by atoms with Gasteiger partial charge in [0, 0.05) is 19.1 Å². The molecule has 3 aromatic rings. The van der Waals surface area contributed by atoms with Gasteiger partial charge in [0.25, 0.3) is 5.56 Å². The number of imidazole rings is 1. The predicted molar refractivity (Wildman–Crippen MR) is 113 cm³/mol. The van der Waals surface area contributed by atoms with Crippen LogP contribution in [0.2, 0.25) is 5.02 Å². The Morgan fingerprint density at radius 3 is 2.48 bits per heavy atom. The number of aliphatic hydroxyl groups is 1. The van der Waals surface area contributed by atoms with E-state index in [1.807, 2.05) is 0 Å².